The Kier molecular flexibility index (Phi) is 3.06. The third-order valence-electron chi connectivity index (χ3n) is 2.61. The molecule has 0 bridgehead atoms. The number of hydrogen-bond donors (Lipinski definition) is 1. The van der Waals surface area contributed by atoms with Gasteiger partial charge >= 0.3 is 0 Å². The maximum Gasteiger partial charge on any atom is 0.226 e. The van der Waals surface area contributed by atoms with Crippen molar-refractivity contribution in [2.45, 2.75) is 13.8 Å². The molecule has 1 N–H and O–H groups in total. The molecule has 17 heavy (non-hydrogen) atoms. The number of aliphatic imine (C=N–C) groups is 1. The summed E-state index contributed by atoms with van der Waals surface area (Å²) in [5, 5.41) is 7.76. The lowest BCUT2D eigenvalue weighted by molar-refractivity contribution is -0.124. The number of aromatic nitrogens is 2. The minimum Gasteiger partial charge on any atom is -0.322 e. The van der Waals surface area contributed by atoms with Gasteiger partial charge in [0.25, 0.3) is 0 Å². The molecular formula is C10H14ClN5O. The molecule has 1 amide bonds. The van der Waals surface area contributed by atoms with Crippen molar-refractivity contribution in [3.63, 3.8) is 0 Å². The van der Waals surface area contributed by atoms with Crippen LogP contribution in [0.4, 0.5) is 5.69 Å². The molecule has 0 aromatic carbocycles. The smallest absolute Gasteiger partial charge is 0.226 e. The van der Waals surface area contributed by atoms with Crippen molar-refractivity contribution in [3.8, 4) is 0 Å². The van der Waals surface area contributed by atoms with Gasteiger partial charge in [0.2, 0.25) is 11.9 Å². The highest BCUT2D eigenvalue weighted by Gasteiger charge is 2.23. The highest BCUT2D eigenvalue weighted by atomic mass is 35.5. The van der Waals surface area contributed by atoms with Crippen LogP contribution in [0.25, 0.3) is 0 Å². The van der Waals surface area contributed by atoms with Crippen LogP contribution in [-0.4, -0.2) is 39.6 Å². The number of anilines is 1. The van der Waals surface area contributed by atoms with E-state index in [1.807, 2.05) is 6.92 Å². The van der Waals surface area contributed by atoms with E-state index in [1.165, 1.54) is 6.92 Å². The van der Waals surface area contributed by atoms with Gasteiger partial charge in [-0.05, 0) is 6.92 Å². The Hall–Kier alpha value is -1.56. The van der Waals surface area contributed by atoms with Gasteiger partial charge in [-0.15, -0.1) is 0 Å². The summed E-state index contributed by atoms with van der Waals surface area (Å²) in [6.07, 6.45) is 0. The number of aryl methyl sites for hydroxylation is 2. The number of guanidine groups is 1. The van der Waals surface area contributed by atoms with Crippen LogP contribution < -0.4 is 5.32 Å². The van der Waals surface area contributed by atoms with E-state index in [9.17, 15) is 4.79 Å². The third-order valence-corrected chi connectivity index (χ3v) is 3.04. The Labute approximate surface area is 104 Å². The summed E-state index contributed by atoms with van der Waals surface area (Å²) in [5.74, 6) is 0.502. The first kappa shape index (κ1) is 11.9. The maximum atomic E-state index is 11.4. The summed E-state index contributed by atoms with van der Waals surface area (Å²) >= 11 is 6.10. The molecule has 0 radical (unpaired) electrons. The fourth-order valence-electron chi connectivity index (χ4n) is 1.74. The Morgan fingerprint density at radius 3 is 2.76 bits per heavy atom. The SMILES string of the molecule is CC(=O)N1CCN=C1Nc1c(C)nn(C)c1Cl. The summed E-state index contributed by atoms with van der Waals surface area (Å²) in [6.45, 7) is 4.58. The van der Waals surface area contributed by atoms with Crippen molar-refractivity contribution in [2.75, 3.05) is 18.4 Å². The number of nitrogens with one attached hydrogen (secondary N) is 1. The van der Waals surface area contributed by atoms with Crippen molar-refractivity contribution >= 4 is 29.2 Å². The molecule has 0 unspecified atom stereocenters. The quantitative estimate of drug-likeness (QED) is 0.815. The monoisotopic (exact) mass is 255 g/mol. The van der Waals surface area contributed by atoms with Gasteiger partial charge in [-0.25, -0.2) is 0 Å². The second kappa shape index (κ2) is 4.37. The van der Waals surface area contributed by atoms with Crippen LogP contribution in [0, 0.1) is 6.92 Å². The van der Waals surface area contributed by atoms with Gasteiger partial charge in [0.1, 0.15) is 5.69 Å². The number of nitrogens with zero attached hydrogens (tertiary/aromatic N) is 4. The summed E-state index contributed by atoms with van der Waals surface area (Å²) in [4.78, 5) is 17.2. The summed E-state index contributed by atoms with van der Waals surface area (Å²) in [7, 11) is 1.76. The number of halogens is 1. The summed E-state index contributed by atoms with van der Waals surface area (Å²) in [6, 6.07) is 0. The van der Waals surface area contributed by atoms with Crippen LogP contribution in [-0.2, 0) is 11.8 Å². The standard InChI is InChI=1S/C10H14ClN5O/c1-6-8(9(11)15(3)14-6)13-10-12-4-5-16(10)7(2)17/h4-5H2,1-3H3,(H,12,13). The summed E-state index contributed by atoms with van der Waals surface area (Å²) < 4.78 is 1.58. The molecule has 1 aliphatic rings. The molecule has 1 aromatic rings. The minimum atomic E-state index is -0.0357. The molecule has 2 heterocycles. The van der Waals surface area contributed by atoms with E-state index in [1.54, 1.807) is 16.6 Å². The molecule has 0 spiro atoms. The number of rotatable bonds is 1. The van der Waals surface area contributed by atoms with Crippen LogP contribution in [0.15, 0.2) is 4.99 Å². The first-order valence-corrected chi connectivity index (χ1v) is 5.67. The molecule has 0 saturated carbocycles. The van der Waals surface area contributed by atoms with Crippen LogP contribution in [0.1, 0.15) is 12.6 Å². The van der Waals surface area contributed by atoms with Gasteiger partial charge < -0.3 is 5.32 Å². The first-order valence-electron chi connectivity index (χ1n) is 5.29. The zero-order valence-electron chi connectivity index (χ0n) is 9.99. The van der Waals surface area contributed by atoms with Gasteiger partial charge in [0, 0.05) is 20.5 Å². The minimum absolute atomic E-state index is 0.0357. The van der Waals surface area contributed by atoms with E-state index in [0.29, 0.717) is 29.9 Å². The van der Waals surface area contributed by atoms with Gasteiger partial charge in [-0.1, -0.05) is 11.6 Å². The highest BCUT2D eigenvalue weighted by Crippen LogP contribution is 2.25. The molecule has 2 rings (SSSR count). The third kappa shape index (κ3) is 2.12. The van der Waals surface area contributed by atoms with Crippen molar-refractivity contribution in [1.29, 1.82) is 0 Å². The molecule has 92 valence electrons. The molecule has 1 aliphatic heterocycles. The first-order chi connectivity index (χ1) is 8.00. The Morgan fingerprint density at radius 1 is 1.53 bits per heavy atom. The lowest BCUT2D eigenvalue weighted by Crippen LogP contribution is -2.36. The van der Waals surface area contributed by atoms with Crippen molar-refractivity contribution in [1.82, 2.24) is 14.7 Å². The van der Waals surface area contributed by atoms with E-state index in [-0.39, 0.29) is 5.91 Å². The van der Waals surface area contributed by atoms with Crippen LogP contribution >= 0.6 is 11.6 Å². The van der Waals surface area contributed by atoms with Gasteiger partial charge in [0.15, 0.2) is 5.15 Å². The van der Waals surface area contributed by atoms with Crippen molar-refractivity contribution < 1.29 is 4.79 Å². The largest absolute Gasteiger partial charge is 0.322 e. The van der Waals surface area contributed by atoms with Gasteiger partial charge in [0.05, 0.1) is 12.2 Å². The molecule has 0 atom stereocenters. The highest BCUT2D eigenvalue weighted by molar-refractivity contribution is 6.33. The average molecular weight is 256 g/mol. The lowest BCUT2D eigenvalue weighted by atomic mass is 10.4. The Morgan fingerprint density at radius 2 is 2.24 bits per heavy atom. The molecular weight excluding hydrogens is 242 g/mol. The predicted octanol–water partition coefficient (Wildman–Crippen LogP) is 1.01. The number of carbonyl (C=O) groups is 1. The maximum absolute atomic E-state index is 11.4. The molecule has 6 nitrogen and oxygen atoms in total. The molecule has 0 aliphatic carbocycles. The van der Waals surface area contributed by atoms with E-state index < -0.39 is 0 Å². The van der Waals surface area contributed by atoms with E-state index >= 15 is 0 Å². The second-order valence-electron chi connectivity index (χ2n) is 3.88. The zero-order valence-corrected chi connectivity index (χ0v) is 10.7. The number of amides is 1. The average Bonchev–Trinajstić information content (AvgIpc) is 2.80. The normalized spacial score (nSPS) is 15.1. The van der Waals surface area contributed by atoms with E-state index in [2.05, 4.69) is 15.4 Å². The van der Waals surface area contributed by atoms with E-state index in [4.69, 9.17) is 11.6 Å². The number of hydrogen-bond acceptors (Lipinski definition) is 4. The van der Waals surface area contributed by atoms with Crippen LogP contribution in [0.2, 0.25) is 5.15 Å². The van der Waals surface area contributed by atoms with Crippen LogP contribution in [0.3, 0.4) is 0 Å². The molecule has 0 fully saturated rings. The van der Waals surface area contributed by atoms with Gasteiger partial charge in [-0.3, -0.25) is 19.4 Å². The summed E-state index contributed by atoms with van der Waals surface area (Å²) in [5.41, 5.74) is 1.47. The zero-order chi connectivity index (χ0) is 12.6. The Bertz CT molecular complexity index is 493. The fourth-order valence-corrected chi connectivity index (χ4v) is 1.97. The molecule has 1 aromatic heterocycles. The lowest BCUT2D eigenvalue weighted by Gasteiger charge is -2.17. The number of carbonyl (C=O) groups excluding carboxylic acids is 1. The van der Waals surface area contributed by atoms with Crippen LogP contribution in [0.5, 0.6) is 0 Å². The van der Waals surface area contributed by atoms with Crippen molar-refractivity contribution in [2.24, 2.45) is 12.0 Å². The molecule has 7 heteroatoms. The molecule has 0 saturated heterocycles. The topological polar surface area (TPSA) is 62.5 Å². The van der Waals surface area contributed by atoms with Gasteiger partial charge in [-0.2, -0.15) is 5.10 Å². The van der Waals surface area contributed by atoms with E-state index in [0.717, 1.165) is 5.69 Å². The second-order valence-corrected chi connectivity index (χ2v) is 4.23. The predicted molar refractivity (Wildman–Crippen MR) is 66.3 cm³/mol. The van der Waals surface area contributed by atoms with Crippen molar-refractivity contribution in [3.05, 3.63) is 10.8 Å². The Balaban J connectivity index is 2.24. The fraction of sp³-hybridized carbons (Fsp3) is 0.500.